The van der Waals surface area contributed by atoms with Gasteiger partial charge in [-0.2, -0.15) is 0 Å². The van der Waals surface area contributed by atoms with Crippen molar-refractivity contribution in [3.63, 3.8) is 0 Å². The third-order valence-electron chi connectivity index (χ3n) is 7.14. The van der Waals surface area contributed by atoms with Crippen LogP contribution in [0.1, 0.15) is 88.8 Å². The molecule has 0 bridgehead atoms. The van der Waals surface area contributed by atoms with E-state index in [0.29, 0.717) is 5.91 Å². The standard InChI is InChI=1S/C25H44NOP/c1-7-10-15-28(16-11-8-2,17-12-9-3)25(13-14-25)24(27)26-23-21(5)18-20(4)19-22(23)6/h18-19,28H,7-17H2,1-6H3,(H,26,27). The number of aryl methyl sites for hydroxylation is 3. The summed E-state index contributed by atoms with van der Waals surface area (Å²) in [5, 5.41) is 3.44. The second-order valence-electron chi connectivity index (χ2n) is 9.40. The summed E-state index contributed by atoms with van der Waals surface area (Å²) in [7, 11) is -1.65. The Morgan fingerprint density at radius 2 is 1.32 bits per heavy atom. The van der Waals surface area contributed by atoms with Gasteiger partial charge in [-0.1, -0.05) is 0 Å². The summed E-state index contributed by atoms with van der Waals surface area (Å²) in [5.74, 6) is 0.359. The van der Waals surface area contributed by atoms with Crippen molar-refractivity contribution in [1.29, 1.82) is 0 Å². The monoisotopic (exact) mass is 405 g/mol. The first-order chi connectivity index (χ1) is 13.4. The summed E-state index contributed by atoms with van der Waals surface area (Å²) < 4.78 is 0. The van der Waals surface area contributed by atoms with E-state index in [4.69, 9.17) is 0 Å². The molecule has 2 nitrogen and oxygen atoms in total. The van der Waals surface area contributed by atoms with E-state index < -0.39 is 7.26 Å². The van der Waals surface area contributed by atoms with Gasteiger partial charge in [-0.15, -0.1) is 0 Å². The van der Waals surface area contributed by atoms with Crippen molar-refractivity contribution in [2.45, 2.75) is 98.1 Å². The summed E-state index contributed by atoms with van der Waals surface area (Å²) in [6, 6.07) is 4.39. The molecule has 1 N–H and O–H groups in total. The second-order valence-corrected chi connectivity index (χ2v) is 14.4. The minimum atomic E-state index is -1.65. The van der Waals surface area contributed by atoms with E-state index in [2.05, 4.69) is 59.0 Å². The molecule has 1 aliphatic rings. The van der Waals surface area contributed by atoms with Gasteiger partial charge in [0.05, 0.1) is 0 Å². The maximum absolute atomic E-state index is 13.7. The third kappa shape index (κ3) is 4.99. The number of amides is 1. The van der Waals surface area contributed by atoms with E-state index >= 15 is 0 Å². The fraction of sp³-hybridized carbons (Fsp3) is 0.720. The minimum absolute atomic E-state index is 0.00369. The molecule has 1 aromatic rings. The molecular formula is C25H44NOP. The molecule has 160 valence electrons. The number of hydrogen-bond donors (Lipinski definition) is 1. The summed E-state index contributed by atoms with van der Waals surface area (Å²) in [5.41, 5.74) is 4.73. The van der Waals surface area contributed by atoms with Gasteiger partial charge in [0.15, 0.2) is 0 Å². The number of carbonyl (C=O) groups is 1. The quantitative estimate of drug-likeness (QED) is 0.365. The Morgan fingerprint density at radius 3 is 1.68 bits per heavy atom. The summed E-state index contributed by atoms with van der Waals surface area (Å²) >= 11 is 0. The molecule has 0 heterocycles. The van der Waals surface area contributed by atoms with Crippen LogP contribution in [-0.4, -0.2) is 29.5 Å². The molecule has 0 radical (unpaired) electrons. The molecule has 0 unspecified atom stereocenters. The predicted molar refractivity (Wildman–Crippen MR) is 129 cm³/mol. The van der Waals surface area contributed by atoms with Gasteiger partial charge in [-0.25, -0.2) is 0 Å². The van der Waals surface area contributed by atoms with Gasteiger partial charge in [-0.3, -0.25) is 0 Å². The Hall–Kier alpha value is -0.880. The van der Waals surface area contributed by atoms with E-state index in [1.807, 2.05) is 0 Å². The fourth-order valence-electron chi connectivity index (χ4n) is 5.37. The van der Waals surface area contributed by atoms with Crippen LogP contribution in [0.25, 0.3) is 0 Å². The van der Waals surface area contributed by atoms with E-state index in [-0.39, 0.29) is 5.16 Å². The first-order valence-electron chi connectivity index (χ1n) is 11.7. The van der Waals surface area contributed by atoms with Gasteiger partial charge in [0.1, 0.15) is 0 Å². The topological polar surface area (TPSA) is 29.1 Å². The third-order valence-corrected chi connectivity index (χ3v) is 13.8. The number of benzene rings is 1. The molecule has 0 saturated heterocycles. The maximum atomic E-state index is 13.7. The molecule has 0 aliphatic heterocycles. The SMILES string of the molecule is CCCC[PH](CCCC)(CCCC)C1(C(=O)Nc2c(C)cc(C)cc2C)CC1. The predicted octanol–water partition coefficient (Wildman–Crippen LogP) is 7.23. The molecule has 0 atom stereocenters. The van der Waals surface area contributed by atoms with E-state index in [1.54, 1.807) is 0 Å². The number of carbonyl (C=O) groups excluding carboxylic acids is 1. The van der Waals surface area contributed by atoms with Crippen LogP contribution in [0.2, 0.25) is 0 Å². The number of hydrogen-bond acceptors (Lipinski definition) is 1. The molecule has 0 spiro atoms. The van der Waals surface area contributed by atoms with Crippen LogP contribution in [0, 0.1) is 20.8 Å². The zero-order chi connectivity index (χ0) is 20.8. The van der Waals surface area contributed by atoms with Crippen molar-refractivity contribution in [2.75, 3.05) is 23.8 Å². The Bertz CT molecular complexity index is 618. The molecule has 28 heavy (non-hydrogen) atoms. The summed E-state index contributed by atoms with van der Waals surface area (Å²) in [4.78, 5) is 13.7. The zero-order valence-corrected chi connectivity index (χ0v) is 20.3. The second kappa shape index (κ2) is 10.2. The molecule has 3 heteroatoms. The van der Waals surface area contributed by atoms with Crippen LogP contribution in [0.3, 0.4) is 0 Å². The van der Waals surface area contributed by atoms with Crippen molar-refractivity contribution in [3.05, 3.63) is 28.8 Å². The fourth-order valence-corrected chi connectivity index (χ4v) is 12.4. The molecule has 1 amide bonds. The Kier molecular flexibility index (Phi) is 8.56. The number of unbranched alkanes of at least 4 members (excludes halogenated alkanes) is 3. The molecule has 1 fully saturated rings. The number of rotatable bonds is 12. The van der Waals surface area contributed by atoms with Crippen LogP contribution >= 0.6 is 7.26 Å². The van der Waals surface area contributed by atoms with Crippen molar-refractivity contribution in [1.82, 2.24) is 0 Å². The van der Waals surface area contributed by atoms with Gasteiger partial charge in [-0.05, 0) is 0 Å². The van der Waals surface area contributed by atoms with E-state index in [9.17, 15) is 4.79 Å². The van der Waals surface area contributed by atoms with Crippen molar-refractivity contribution < 1.29 is 4.79 Å². The van der Waals surface area contributed by atoms with Crippen LogP contribution in [0.5, 0.6) is 0 Å². The van der Waals surface area contributed by atoms with Crippen LogP contribution in [0.4, 0.5) is 5.69 Å². The van der Waals surface area contributed by atoms with Gasteiger partial charge >= 0.3 is 174 Å². The Balaban J connectivity index is 2.33. The van der Waals surface area contributed by atoms with Crippen LogP contribution in [-0.2, 0) is 4.79 Å². The number of nitrogens with one attached hydrogen (secondary N) is 1. The average Bonchev–Trinajstić information content (AvgIpc) is 3.46. The van der Waals surface area contributed by atoms with Crippen molar-refractivity contribution >= 4 is 18.9 Å². The van der Waals surface area contributed by atoms with Crippen molar-refractivity contribution in [2.24, 2.45) is 0 Å². The first kappa shape index (κ1) is 23.4. The first-order valence-corrected chi connectivity index (χ1v) is 14.4. The van der Waals surface area contributed by atoms with Gasteiger partial charge < -0.3 is 0 Å². The van der Waals surface area contributed by atoms with Crippen molar-refractivity contribution in [3.8, 4) is 0 Å². The molecule has 2 rings (SSSR count). The molecular weight excluding hydrogens is 361 g/mol. The van der Waals surface area contributed by atoms with E-state index in [1.165, 1.54) is 73.7 Å². The average molecular weight is 406 g/mol. The Labute approximate surface area is 174 Å². The number of anilines is 1. The van der Waals surface area contributed by atoms with Gasteiger partial charge in [0.25, 0.3) is 0 Å². The van der Waals surface area contributed by atoms with Gasteiger partial charge in [0.2, 0.25) is 0 Å². The molecule has 1 saturated carbocycles. The van der Waals surface area contributed by atoms with Crippen LogP contribution in [0.15, 0.2) is 12.1 Å². The summed E-state index contributed by atoms with van der Waals surface area (Å²) in [6.07, 6.45) is 14.0. The molecule has 0 aromatic heterocycles. The van der Waals surface area contributed by atoms with E-state index in [0.717, 1.165) is 18.5 Å². The normalized spacial score (nSPS) is 16.1. The zero-order valence-electron chi connectivity index (χ0n) is 19.3. The Morgan fingerprint density at radius 1 is 0.893 bits per heavy atom. The molecule has 1 aliphatic carbocycles. The molecule has 1 aromatic carbocycles. The van der Waals surface area contributed by atoms with Gasteiger partial charge in [0, 0.05) is 0 Å². The summed E-state index contributed by atoms with van der Waals surface area (Å²) in [6.45, 7) is 13.3. The van der Waals surface area contributed by atoms with Crippen LogP contribution < -0.4 is 5.32 Å².